The molecule has 0 fully saturated rings. The third kappa shape index (κ3) is 5.78. The van der Waals surface area contributed by atoms with Gasteiger partial charge in [0.25, 0.3) is 6.43 Å². The van der Waals surface area contributed by atoms with Gasteiger partial charge in [-0.15, -0.1) is 0 Å². The summed E-state index contributed by atoms with van der Waals surface area (Å²) in [4.78, 5) is 12.3. The summed E-state index contributed by atoms with van der Waals surface area (Å²) >= 11 is 7.31. The van der Waals surface area contributed by atoms with Crippen LogP contribution in [-0.2, 0) is 20.0 Å². The van der Waals surface area contributed by atoms with E-state index in [1.807, 2.05) is 0 Å². The highest BCUT2D eigenvalue weighted by atomic mass is 35.5. The number of fused-ring (bicyclic) bond motifs is 1. The number of allylic oxidation sites excluding steroid dienone is 1. The summed E-state index contributed by atoms with van der Waals surface area (Å²) in [7, 11) is 0.579. The molecule has 14 heteroatoms. The van der Waals surface area contributed by atoms with Gasteiger partial charge in [-0.05, 0) is 54.1 Å². The van der Waals surface area contributed by atoms with Gasteiger partial charge in [0.05, 0.1) is 40.8 Å². The fraction of sp³-hybridized carbons (Fsp3) is 0.0909. The second kappa shape index (κ2) is 12.9. The molecule has 1 unspecified atom stereocenters. The molecule has 1 aliphatic rings. The van der Waals surface area contributed by atoms with Gasteiger partial charge < -0.3 is 4.74 Å². The average Bonchev–Trinajstić information content (AvgIpc) is 3.60. The zero-order valence-corrected chi connectivity index (χ0v) is 26.7. The molecule has 0 aliphatic carbocycles. The average molecular weight is 698 g/mol. The lowest BCUT2D eigenvalue weighted by Crippen LogP contribution is -2.12. The summed E-state index contributed by atoms with van der Waals surface area (Å²) in [6, 6.07) is 19.8. The Labute approximate surface area is 277 Å². The van der Waals surface area contributed by atoms with Crippen LogP contribution in [-0.4, -0.2) is 33.4 Å². The predicted molar refractivity (Wildman–Crippen MR) is 171 cm³/mol. The molecule has 238 valence electrons. The molecule has 6 rings (SSSR count). The summed E-state index contributed by atoms with van der Waals surface area (Å²) in [6.45, 7) is 0. The number of halogens is 5. The Bertz CT molecular complexity index is 2180. The van der Waals surface area contributed by atoms with Crippen molar-refractivity contribution in [2.45, 2.75) is 11.3 Å². The number of aromatic nitrogens is 1. The number of benzene rings is 4. The van der Waals surface area contributed by atoms with E-state index in [0.29, 0.717) is 22.2 Å². The Hall–Kier alpha value is -4.61. The quantitative estimate of drug-likeness (QED) is 0.0954. The fourth-order valence-electron chi connectivity index (χ4n) is 5.27. The number of methoxy groups -OCH3 is 1. The molecule has 0 bridgehead atoms. The first kappa shape index (κ1) is 32.3. The Morgan fingerprint density at radius 1 is 1.04 bits per heavy atom. The van der Waals surface area contributed by atoms with Crippen LogP contribution in [0.25, 0.3) is 39.0 Å². The second-order valence-electron chi connectivity index (χ2n) is 10.1. The van der Waals surface area contributed by atoms with Crippen molar-refractivity contribution in [3.63, 3.8) is 0 Å². The number of hydrogen-bond acceptors (Lipinski definition) is 7. The third-order valence-electron chi connectivity index (χ3n) is 7.40. The topological polar surface area (TPSA) is 84.6 Å². The zero-order valence-electron chi connectivity index (χ0n) is 24.3. The van der Waals surface area contributed by atoms with Crippen LogP contribution in [0.4, 0.5) is 17.6 Å². The van der Waals surface area contributed by atoms with Crippen LogP contribution in [0.1, 0.15) is 27.9 Å². The van der Waals surface area contributed by atoms with E-state index in [1.165, 1.54) is 51.5 Å². The van der Waals surface area contributed by atoms with Crippen LogP contribution in [0.3, 0.4) is 0 Å². The monoisotopic (exact) mass is 697 g/mol. The summed E-state index contributed by atoms with van der Waals surface area (Å²) in [5.74, 6) is -2.38. The zero-order chi connectivity index (χ0) is 33.6. The van der Waals surface area contributed by atoms with Crippen LogP contribution < -0.4 is 0 Å². The molecule has 1 atom stereocenters. The van der Waals surface area contributed by atoms with Crippen LogP contribution >= 0.6 is 23.6 Å². The minimum absolute atomic E-state index is 0.0456. The number of esters is 1. The second-order valence-corrected chi connectivity index (χ2v) is 12.6. The first-order valence-corrected chi connectivity index (χ1v) is 15.8. The van der Waals surface area contributed by atoms with E-state index in [4.69, 9.17) is 15.9 Å². The lowest BCUT2D eigenvalue weighted by molar-refractivity contribution is 0.0595. The van der Waals surface area contributed by atoms with Crippen molar-refractivity contribution in [2.75, 3.05) is 14.2 Å². The molecular weight excluding hydrogens is 678 g/mol. The molecule has 0 saturated carbocycles. The Morgan fingerprint density at radius 2 is 1.77 bits per heavy atom. The number of nitriles is 1. The molecule has 4 aromatic carbocycles. The summed E-state index contributed by atoms with van der Waals surface area (Å²) in [5.41, 5.74) is 1.55. The van der Waals surface area contributed by atoms with Gasteiger partial charge in [0, 0.05) is 39.7 Å². The van der Waals surface area contributed by atoms with Crippen molar-refractivity contribution >= 4 is 57.2 Å². The van der Waals surface area contributed by atoms with Gasteiger partial charge in [-0.1, -0.05) is 41.9 Å². The number of alkyl halides is 2. The SMILES string of the molecule is COC(=O)c1cc(Cl)c(-c2cccc(-c3c(C4=C(C#N)SON4C)c4cc(F)ccc4n3S(=O)c3ccc(C(F)F)cc3)c2)cc1F. The van der Waals surface area contributed by atoms with Crippen molar-refractivity contribution in [1.82, 2.24) is 9.04 Å². The highest BCUT2D eigenvalue weighted by molar-refractivity contribution is 7.99. The lowest BCUT2D eigenvalue weighted by atomic mass is 9.97. The Kier molecular flexibility index (Phi) is 8.86. The van der Waals surface area contributed by atoms with Crippen molar-refractivity contribution in [2.24, 2.45) is 0 Å². The highest BCUT2D eigenvalue weighted by Crippen LogP contribution is 2.47. The number of rotatable bonds is 7. The molecule has 1 aliphatic heterocycles. The maximum atomic E-state index is 15.0. The molecule has 2 heterocycles. The van der Waals surface area contributed by atoms with E-state index < -0.39 is 35.0 Å². The summed E-state index contributed by atoms with van der Waals surface area (Å²) in [5, 5.41) is 11.6. The van der Waals surface area contributed by atoms with E-state index in [9.17, 15) is 27.4 Å². The van der Waals surface area contributed by atoms with Gasteiger partial charge in [-0.25, -0.2) is 31.6 Å². The largest absolute Gasteiger partial charge is 0.465 e. The van der Waals surface area contributed by atoms with Gasteiger partial charge in [0.1, 0.15) is 28.3 Å². The fourth-order valence-corrected chi connectivity index (χ4v) is 7.43. The van der Waals surface area contributed by atoms with Gasteiger partial charge in [0.2, 0.25) is 0 Å². The van der Waals surface area contributed by atoms with Crippen molar-refractivity contribution in [3.05, 3.63) is 117 Å². The molecule has 1 aromatic heterocycles. The molecule has 5 aromatic rings. The van der Waals surface area contributed by atoms with E-state index in [0.717, 1.165) is 31.3 Å². The first-order chi connectivity index (χ1) is 22.5. The molecule has 0 spiro atoms. The maximum absolute atomic E-state index is 15.0. The molecular formula is C33H20ClF4N3O4S2. The van der Waals surface area contributed by atoms with Gasteiger partial charge in [0.15, 0.2) is 11.0 Å². The molecule has 7 nitrogen and oxygen atoms in total. The molecule has 0 saturated heterocycles. The molecule has 0 amide bonds. The molecule has 0 N–H and O–H groups in total. The van der Waals surface area contributed by atoms with E-state index in [2.05, 4.69) is 10.8 Å². The first-order valence-electron chi connectivity index (χ1n) is 13.6. The predicted octanol–water partition coefficient (Wildman–Crippen LogP) is 8.92. The Balaban J connectivity index is 1.66. The smallest absolute Gasteiger partial charge is 0.340 e. The van der Waals surface area contributed by atoms with Gasteiger partial charge in [-0.3, -0.25) is 3.97 Å². The van der Waals surface area contributed by atoms with Crippen molar-refractivity contribution in [3.8, 4) is 28.5 Å². The van der Waals surface area contributed by atoms with E-state index >= 15 is 4.39 Å². The standard InChI is InChI=1S/C33H20ClF4N3O4S2/c1-40-31(28(16-39)46-45-40)29-24-13-20(35)8-11-27(24)41(47(43)21-9-6-17(7-10-21)32(37)38)30(29)19-5-3-4-18(12-19)22-15-26(36)23(14-25(22)34)33(42)44-2/h3-15,32H,1-2H3. The molecule has 47 heavy (non-hydrogen) atoms. The van der Waals surface area contributed by atoms with Crippen molar-refractivity contribution in [1.29, 1.82) is 5.26 Å². The minimum Gasteiger partial charge on any atom is -0.465 e. The van der Waals surface area contributed by atoms with E-state index in [1.54, 1.807) is 31.3 Å². The lowest BCUT2D eigenvalue weighted by Gasteiger charge is -2.17. The van der Waals surface area contributed by atoms with Gasteiger partial charge >= 0.3 is 5.97 Å². The van der Waals surface area contributed by atoms with E-state index in [-0.39, 0.29) is 48.3 Å². The van der Waals surface area contributed by atoms with Crippen LogP contribution in [0.5, 0.6) is 0 Å². The van der Waals surface area contributed by atoms with Crippen LogP contribution in [0.15, 0.2) is 88.7 Å². The number of hydroxylamine groups is 2. The number of ether oxygens (including phenoxy) is 1. The number of carbonyl (C=O) groups is 1. The van der Waals surface area contributed by atoms with Crippen molar-refractivity contribution < 1.29 is 35.6 Å². The molecule has 0 radical (unpaired) electrons. The normalized spacial score (nSPS) is 13.8. The van der Waals surface area contributed by atoms with Crippen LogP contribution in [0.2, 0.25) is 5.02 Å². The number of nitrogens with zero attached hydrogens (tertiary/aromatic N) is 3. The highest BCUT2D eigenvalue weighted by Gasteiger charge is 2.33. The summed E-state index contributed by atoms with van der Waals surface area (Å²) < 4.78 is 82.6. The Morgan fingerprint density at radius 3 is 2.45 bits per heavy atom. The number of carbonyl (C=O) groups excluding carboxylic acids is 1. The summed E-state index contributed by atoms with van der Waals surface area (Å²) in [6.07, 6.45) is -2.73. The maximum Gasteiger partial charge on any atom is 0.340 e. The van der Waals surface area contributed by atoms with Gasteiger partial charge in [-0.2, -0.15) is 9.55 Å². The third-order valence-corrected chi connectivity index (χ3v) is 9.84. The van der Waals surface area contributed by atoms with Crippen LogP contribution in [0, 0.1) is 23.0 Å². The minimum atomic E-state index is -2.73. The number of hydrogen-bond donors (Lipinski definition) is 0.